The molecule has 0 bridgehead atoms. The number of halogens is 1. The number of hydrogen-bond donors (Lipinski definition) is 0. The Morgan fingerprint density at radius 3 is 2.29 bits per heavy atom. The molecule has 1 nitrogen and oxygen atoms in total. The molecule has 0 N–H and O–H groups in total. The van der Waals surface area contributed by atoms with E-state index >= 15 is 0 Å². The molecule has 0 amide bonds. The van der Waals surface area contributed by atoms with E-state index in [9.17, 15) is 0 Å². The first-order valence-electron chi connectivity index (χ1n) is 2.58. The van der Waals surface area contributed by atoms with Crippen molar-refractivity contribution in [3.63, 3.8) is 0 Å². The van der Waals surface area contributed by atoms with Crippen LogP contribution in [0.15, 0.2) is 0 Å². The van der Waals surface area contributed by atoms with Crippen LogP contribution in [0.25, 0.3) is 0 Å². The van der Waals surface area contributed by atoms with Gasteiger partial charge in [0.05, 0.1) is 0 Å². The van der Waals surface area contributed by atoms with Crippen molar-refractivity contribution in [2.24, 2.45) is 0 Å². The highest BCUT2D eigenvalue weighted by Gasteiger charge is 1.96. The van der Waals surface area contributed by atoms with Crippen LogP contribution in [0.2, 0.25) is 6.04 Å². The summed E-state index contributed by atoms with van der Waals surface area (Å²) in [7, 11) is 0.00849. The second kappa shape index (κ2) is 4.27. The molecule has 1 rings (SSSR count). The molecule has 1 aliphatic rings. The van der Waals surface area contributed by atoms with Crippen molar-refractivity contribution < 1.29 is 9.13 Å². The smallest absolute Gasteiger partial charge is 0.161 e. The summed E-state index contributed by atoms with van der Waals surface area (Å²) in [5.41, 5.74) is 0. The standard InChI is InChI=1S/C4H10OSi.FH/c1-2-4-6-5-3-1;/h1-4,6H2;1H. The number of rotatable bonds is 0. The van der Waals surface area contributed by atoms with Gasteiger partial charge >= 0.3 is 0 Å². The lowest BCUT2D eigenvalue weighted by Gasteiger charge is -2.07. The van der Waals surface area contributed by atoms with Crippen LogP contribution in [0.5, 0.6) is 0 Å². The minimum atomic E-state index is 0. The molecule has 1 aliphatic heterocycles. The average molecular weight is 122 g/mol. The van der Waals surface area contributed by atoms with Crippen LogP contribution < -0.4 is 0 Å². The Labute approximate surface area is 45.4 Å². The van der Waals surface area contributed by atoms with Crippen LogP contribution >= 0.6 is 0 Å². The van der Waals surface area contributed by atoms with Gasteiger partial charge in [-0.2, -0.15) is 0 Å². The zero-order chi connectivity index (χ0) is 4.24. The first-order valence-corrected chi connectivity index (χ1v) is 4.15. The zero-order valence-electron chi connectivity index (χ0n) is 4.35. The molecule has 0 aliphatic carbocycles. The predicted octanol–water partition coefficient (Wildman–Crippen LogP) is 0.451. The molecule has 0 spiro atoms. The SMILES string of the molecule is C1CC[SiH2]OC1.F. The lowest BCUT2D eigenvalue weighted by molar-refractivity contribution is 0.304. The summed E-state index contributed by atoms with van der Waals surface area (Å²) in [4.78, 5) is 0. The maximum Gasteiger partial charge on any atom is 0.161 e. The Bertz CT molecular complexity index is 27.2. The molecule has 44 valence electrons. The largest absolute Gasteiger partial charge is 0.424 e. The second-order valence-electron chi connectivity index (χ2n) is 1.67. The lowest BCUT2D eigenvalue weighted by Crippen LogP contribution is -2.06. The minimum Gasteiger partial charge on any atom is -0.424 e. The molecule has 0 aromatic heterocycles. The molecule has 0 aromatic carbocycles. The Morgan fingerprint density at radius 2 is 2.14 bits per heavy atom. The van der Waals surface area contributed by atoms with Gasteiger partial charge < -0.3 is 4.43 Å². The zero-order valence-corrected chi connectivity index (χ0v) is 5.77. The van der Waals surface area contributed by atoms with Crippen LogP contribution in [-0.2, 0) is 4.43 Å². The van der Waals surface area contributed by atoms with E-state index in [-0.39, 0.29) is 14.5 Å². The predicted molar refractivity (Wildman–Crippen MR) is 31.0 cm³/mol. The van der Waals surface area contributed by atoms with Crippen LogP contribution in [0, 0.1) is 0 Å². The highest BCUT2D eigenvalue weighted by Crippen LogP contribution is 2.01. The van der Waals surface area contributed by atoms with Crippen LogP contribution in [0.4, 0.5) is 4.70 Å². The fourth-order valence-electron chi connectivity index (χ4n) is 0.687. The Hall–Kier alpha value is 0.107. The van der Waals surface area contributed by atoms with Crippen molar-refractivity contribution in [1.82, 2.24) is 0 Å². The quantitative estimate of drug-likeness (QED) is 0.424. The molecule has 7 heavy (non-hydrogen) atoms. The van der Waals surface area contributed by atoms with E-state index in [1.807, 2.05) is 0 Å². The molecule has 0 saturated carbocycles. The van der Waals surface area contributed by atoms with E-state index in [2.05, 4.69) is 0 Å². The monoisotopic (exact) mass is 122 g/mol. The van der Waals surface area contributed by atoms with E-state index in [0.717, 1.165) is 6.61 Å². The Morgan fingerprint density at radius 1 is 1.29 bits per heavy atom. The van der Waals surface area contributed by atoms with E-state index in [1.54, 1.807) is 0 Å². The van der Waals surface area contributed by atoms with Gasteiger partial charge in [0.2, 0.25) is 0 Å². The first-order chi connectivity index (χ1) is 3.00. The summed E-state index contributed by atoms with van der Waals surface area (Å²) in [6.45, 7) is 1.06. The molecule has 0 atom stereocenters. The van der Waals surface area contributed by atoms with Crippen LogP contribution in [-0.4, -0.2) is 16.4 Å². The first kappa shape index (κ1) is 7.11. The highest BCUT2D eigenvalue weighted by atomic mass is 28.2. The maximum atomic E-state index is 5.21. The van der Waals surface area contributed by atoms with Crippen LogP contribution in [0.3, 0.4) is 0 Å². The van der Waals surface area contributed by atoms with Gasteiger partial charge in [0.1, 0.15) is 0 Å². The van der Waals surface area contributed by atoms with Crippen LogP contribution in [0.1, 0.15) is 12.8 Å². The normalized spacial score (nSPS) is 24.0. The Kier molecular flexibility index (Phi) is 4.34. The molecular formula is C4H11FOSi. The van der Waals surface area contributed by atoms with E-state index in [0.29, 0.717) is 0 Å². The summed E-state index contributed by atoms with van der Waals surface area (Å²) >= 11 is 0. The van der Waals surface area contributed by atoms with Crippen molar-refractivity contribution in [2.45, 2.75) is 18.9 Å². The fraction of sp³-hybridized carbons (Fsp3) is 1.00. The van der Waals surface area contributed by atoms with Crippen molar-refractivity contribution in [3.8, 4) is 0 Å². The van der Waals surface area contributed by atoms with E-state index in [4.69, 9.17) is 4.43 Å². The minimum absolute atomic E-state index is 0. The third-order valence-electron chi connectivity index (χ3n) is 1.08. The van der Waals surface area contributed by atoms with Crippen molar-refractivity contribution >= 4 is 9.76 Å². The van der Waals surface area contributed by atoms with Gasteiger partial charge in [-0.15, -0.1) is 0 Å². The highest BCUT2D eigenvalue weighted by molar-refractivity contribution is 6.27. The Balaban J connectivity index is 0.000000360. The molecule has 3 heteroatoms. The summed E-state index contributed by atoms with van der Waals surface area (Å²) in [5.74, 6) is 0. The summed E-state index contributed by atoms with van der Waals surface area (Å²) in [6.07, 6.45) is 2.75. The van der Waals surface area contributed by atoms with Gasteiger partial charge in [-0.05, 0) is 12.5 Å². The van der Waals surface area contributed by atoms with E-state index < -0.39 is 0 Å². The third-order valence-corrected chi connectivity index (χ3v) is 2.44. The third kappa shape index (κ3) is 2.76. The van der Waals surface area contributed by atoms with Crippen molar-refractivity contribution in [1.29, 1.82) is 0 Å². The molecule has 0 radical (unpaired) electrons. The van der Waals surface area contributed by atoms with E-state index in [1.165, 1.54) is 18.9 Å². The van der Waals surface area contributed by atoms with Gasteiger partial charge in [0.15, 0.2) is 9.76 Å². The maximum absolute atomic E-state index is 5.21. The lowest BCUT2D eigenvalue weighted by atomic mass is 10.4. The number of hydrogen-bond acceptors (Lipinski definition) is 1. The fourth-order valence-corrected chi connectivity index (χ4v) is 1.86. The molecule has 0 aromatic rings. The van der Waals surface area contributed by atoms with Gasteiger partial charge in [-0.3, -0.25) is 4.70 Å². The van der Waals surface area contributed by atoms with Gasteiger partial charge in [-0.1, -0.05) is 6.42 Å². The van der Waals surface area contributed by atoms with Crippen molar-refractivity contribution in [2.75, 3.05) is 6.61 Å². The molecular weight excluding hydrogens is 111 g/mol. The summed E-state index contributed by atoms with van der Waals surface area (Å²) in [5, 5.41) is 0. The van der Waals surface area contributed by atoms with Crippen molar-refractivity contribution in [3.05, 3.63) is 0 Å². The summed E-state index contributed by atoms with van der Waals surface area (Å²) < 4.78 is 5.21. The molecule has 1 heterocycles. The molecule has 1 fully saturated rings. The van der Waals surface area contributed by atoms with Gasteiger partial charge in [0.25, 0.3) is 0 Å². The average Bonchev–Trinajstić information content (AvgIpc) is 1.72. The second-order valence-corrected chi connectivity index (χ2v) is 3.20. The molecule has 1 saturated heterocycles. The molecule has 0 unspecified atom stereocenters. The topological polar surface area (TPSA) is 9.23 Å². The van der Waals surface area contributed by atoms with Gasteiger partial charge in [-0.25, -0.2) is 0 Å². The summed E-state index contributed by atoms with van der Waals surface area (Å²) in [6, 6.07) is 1.42. The van der Waals surface area contributed by atoms with Gasteiger partial charge in [0, 0.05) is 6.61 Å².